The number of aryl methyl sites for hydroxylation is 1. The van der Waals surface area contributed by atoms with Crippen molar-refractivity contribution >= 4 is 23.4 Å². The van der Waals surface area contributed by atoms with Crippen LogP contribution >= 0.6 is 0 Å². The lowest BCUT2D eigenvalue weighted by Gasteiger charge is -2.11. The molecule has 2 N–H and O–H groups in total. The SMILES string of the molecule is COC(=O)c1cccc(Nc2nc(C)cc(NCCc3ccc(OC)cc3)n2)c1. The molecule has 0 saturated heterocycles. The standard InChI is InChI=1S/C22H24N4O3/c1-15-13-20(23-12-11-16-7-9-19(28-2)10-8-16)26-22(24-15)25-18-6-4-5-17(14-18)21(27)29-3/h4-10,13-14H,11-12H2,1-3H3,(H2,23,24,25,26). The van der Waals surface area contributed by atoms with Crippen molar-refractivity contribution in [1.82, 2.24) is 9.97 Å². The number of nitrogens with one attached hydrogen (secondary N) is 2. The van der Waals surface area contributed by atoms with Crippen molar-refractivity contribution in [3.05, 3.63) is 71.4 Å². The minimum absolute atomic E-state index is 0.389. The van der Waals surface area contributed by atoms with Crippen molar-refractivity contribution in [2.45, 2.75) is 13.3 Å². The van der Waals surface area contributed by atoms with Gasteiger partial charge in [0.2, 0.25) is 5.95 Å². The molecule has 0 atom stereocenters. The van der Waals surface area contributed by atoms with Crippen molar-refractivity contribution in [3.63, 3.8) is 0 Å². The molecule has 0 aliphatic carbocycles. The highest BCUT2D eigenvalue weighted by molar-refractivity contribution is 5.90. The number of aromatic nitrogens is 2. The number of carbonyl (C=O) groups is 1. The van der Waals surface area contributed by atoms with Crippen molar-refractivity contribution < 1.29 is 14.3 Å². The first-order valence-electron chi connectivity index (χ1n) is 9.25. The quantitative estimate of drug-likeness (QED) is 0.561. The number of nitrogens with zero attached hydrogens (tertiary/aromatic N) is 2. The van der Waals surface area contributed by atoms with Crippen LogP contribution in [0.1, 0.15) is 21.6 Å². The van der Waals surface area contributed by atoms with E-state index in [4.69, 9.17) is 9.47 Å². The molecule has 29 heavy (non-hydrogen) atoms. The molecular formula is C22H24N4O3. The number of hydrogen-bond donors (Lipinski definition) is 2. The van der Waals surface area contributed by atoms with Crippen LogP contribution < -0.4 is 15.4 Å². The summed E-state index contributed by atoms with van der Waals surface area (Å²) < 4.78 is 9.94. The number of rotatable bonds is 8. The fourth-order valence-corrected chi connectivity index (χ4v) is 2.81. The van der Waals surface area contributed by atoms with Crippen LogP contribution in [0.3, 0.4) is 0 Å². The maximum Gasteiger partial charge on any atom is 0.337 e. The van der Waals surface area contributed by atoms with Gasteiger partial charge in [-0.05, 0) is 49.2 Å². The summed E-state index contributed by atoms with van der Waals surface area (Å²) in [7, 11) is 3.02. The van der Waals surface area contributed by atoms with E-state index >= 15 is 0 Å². The van der Waals surface area contributed by atoms with Gasteiger partial charge in [-0.3, -0.25) is 0 Å². The van der Waals surface area contributed by atoms with Gasteiger partial charge in [-0.2, -0.15) is 4.98 Å². The predicted octanol–water partition coefficient (Wildman–Crippen LogP) is 3.98. The summed E-state index contributed by atoms with van der Waals surface area (Å²) in [6, 6.07) is 16.9. The molecule has 0 radical (unpaired) electrons. The Labute approximate surface area is 170 Å². The van der Waals surface area contributed by atoms with E-state index in [0.717, 1.165) is 30.2 Å². The second-order valence-corrected chi connectivity index (χ2v) is 6.44. The highest BCUT2D eigenvalue weighted by atomic mass is 16.5. The fourth-order valence-electron chi connectivity index (χ4n) is 2.81. The Hall–Kier alpha value is -3.61. The number of esters is 1. The van der Waals surface area contributed by atoms with Gasteiger partial charge >= 0.3 is 5.97 Å². The van der Waals surface area contributed by atoms with Crippen LogP contribution in [-0.4, -0.2) is 36.7 Å². The molecule has 7 nitrogen and oxygen atoms in total. The second kappa shape index (κ2) is 9.54. The summed E-state index contributed by atoms with van der Waals surface area (Å²) in [4.78, 5) is 20.6. The lowest BCUT2D eigenvalue weighted by molar-refractivity contribution is 0.0601. The zero-order chi connectivity index (χ0) is 20.6. The summed E-state index contributed by atoms with van der Waals surface area (Å²) in [5.41, 5.74) is 3.21. The molecule has 0 unspecified atom stereocenters. The summed E-state index contributed by atoms with van der Waals surface area (Å²) in [5.74, 6) is 1.65. The highest BCUT2D eigenvalue weighted by Crippen LogP contribution is 2.18. The molecule has 1 heterocycles. The molecule has 150 valence electrons. The third kappa shape index (κ3) is 5.68. The Morgan fingerprint density at radius 1 is 1.03 bits per heavy atom. The number of ether oxygens (including phenoxy) is 2. The number of methoxy groups -OCH3 is 2. The number of hydrogen-bond acceptors (Lipinski definition) is 7. The van der Waals surface area contributed by atoms with Crippen LogP contribution in [0.2, 0.25) is 0 Å². The summed E-state index contributed by atoms with van der Waals surface area (Å²) in [6.45, 7) is 2.65. The summed E-state index contributed by atoms with van der Waals surface area (Å²) in [6.07, 6.45) is 0.858. The van der Waals surface area contributed by atoms with Gasteiger partial charge < -0.3 is 20.1 Å². The van der Waals surface area contributed by atoms with E-state index < -0.39 is 0 Å². The molecule has 0 fully saturated rings. The molecule has 0 spiro atoms. The molecule has 7 heteroatoms. The van der Waals surface area contributed by atoms with E-state index in [1.807, 2.05) is 43.3 Å². The Morgan fingerprint density at radius 3 is 2.55 bits per heavy atom. The van der Waals surface area contributed by atoms with Gasteiger partial charge in [0, 0.05) is 24.0 Å². The van der Waals surface area contributed by atoms with Crippen molar-refractivity contribution in [2.24, 2.45) is 0 Å². The van der Waals surface area contributed by atoms with Gasteiger partial charge in [0.25, 0.3) is 0 Å². The van der Waals surface area contributed by atoms with Crippen molar-refractivity contribution in [3.8, 4) is 5.75 Å². The molecule has 0 aliphatic heterocycles. The average Bonchev–Trinajstić information content (AvgIpc) is 2.73. The molecule has 0 aliphatic rings. The van der Waals surface area contributed by atoms with Gasteiger partial charge in [-0.15, -0.1) is 0 Å². The summed E-state index contributed by atoms with van der Waals surface area (Å²) in [5, 5.41) is 6.47. The maximum atomic E-state index is 11.7. The third-order valence-corrected chi connectivity index (χ3v) is 4.27. The van der Waals surface area contributed by atoms with Gasteiger partial charge in [-0.25, -0.2) is 9.78 Å². The smallest absolute Gasteiger partial charge is 0.337 e. The van der Waals surface area contributed by atoms with Gasteiger partial charge in [0.15, 0.2) is 0 Å². The van der Waals surface area contributed by atoms with Gasteiger partial charge in [0.1, 0.15) is 11.6 Å². The van der Waals surface area contributed by atoms with Crippen molar-refractivity contribution in [1.29, 1.82) is 0 Å². The zero-order valence-electron chi connectivity index (χ0n) is 16.7. The molecule has 3 rings (SSSR count). The topological polar surface area (TPSA) is 85.4 Å². The molecular weight excluding hydrogens is 368 g/mol. The largest absolute Gasteiger partial charge is 0.497 e. The Balaban J connectivity index is 1.64. The van der Waals surface area contributed by atoms with Crippen LogP contribution in [0.25, 0.3) is 0 Å². The molecule has 0 amide bonds. The van der Waals surface area contributed by atoms with E-state index in [1.165, 1.54) is 12.7 Å². The monoisotopic (exact) mass is 392 g/mol. The first-order chi connectivity index (χ1) is 14.1. The third-order valence-electron chi connectivity index (χ3n) is 4.27. The first kappa shape index (κ1) is 20.1. The molecule has 1 aromatic heterocycles. The van der Waals surface area contributed by atoms with Crippen LogP contribution in [0.15, 0.2) is 54.6 Å². The Bertz CT molecular complexity index is 974. The van der Waals surface area contributed by atoms with Crippen LogP contribution in [0.4, 0.5) is 17.5 Å². The van der Waals surface area contributed by atoms with E-state index in [0.29, 0.717) is 17.2 Å². The predicted molar refractivity (Wildman–Crippen MR) is 113 cm³/mol. The van der Waals surface area contributed by atoms with Crippen LogP contribution in [0.5, 0.6) is 5.75 Å². The molecule has 0 saturated carbocycles. The van der Waals surface area contributed by atoms with E-state index in [2.05, 4.69) is 20.6 Å². The average molecular weight is 392 g/mol. The lowest BCUT2D eigenvalue weighted by Crippen LogP contribution is -2.09. The highest BCUT2D eigenvalue weighted by Gasteiger charge is 2.08. The number of anilines is 3. The lowest BCUT2D eigenvalue weighted by atomic mass is 10.1. The Morgan fingerprint density at radius 2 is 1.83 bits per heavy atom. The minimum Gasteiger partial charge on any atom is -0.497 e. The minimum atomic E-state index is -0.389. The van der Waals surface area contributed by atoms with E-state index in [9.17, 15) is 4.79 Å². The van der Waals surface area contributed by atoms with Crippen LogP contribution in [0, 0.1) is 6.92 Å². The van der Waals surface area contributed by atoms with Gasteiger partial charge in [0.05, 0.1) is 19.8 Å². The zero-order valence-corrected chi connectivity index (χ0v) is 16.7. The van der Waals surface area contributed by atoms with Gasteiger partial charge in [-0.1, -0.05) is 18.2 Å². The van der Waals surface area contributed by atoms with Crippen LogP contribution in [-0.2, 0) is 11.2 Å². The number of benzene rings is 2. The second-order valence-electron chi connectivity index (χ2n) is 6.44. The number of carbonyl (C=O) groups excluding carboxylic acids is 1. The first-order valence-corrected chi connectivity index (χ1v) is 9.25. The van der Waals surface area contributed by atoms with E-state index in [1.54, 1.807) is 25.3 Å². The molecule has 0 bridgehead atoms. The molecule has 3 aromatic rings. The fraction of sp³-hybridized carbons (Fsp3) is 0.227. The normalized spacial score (nSPS) is 10.3. The molecule has 2 aromatic carbocycles. The Kier molecular flexibility index (Phi) is 6.63. The van der Waals surface area contributed by atoms with Crippen molar-refractivity contribution in [2.75, 3.05) is 31.4 Å². The van der Waals surface area contributed by atoms with E-state index in [-0.39, 0.29) is 5.97 Å². The summed E-state index contributed by atoms with van der Waals surface area (Å²) >= 11 is 0. The maximum absolute atomic E-state index is 11.7.